The van der Waals surface area contributed by atoms with E-state index in [9.17, 15) is 14.4 Å². The van der Waals surface area contributed by atoms with Gasteiger partial charge in [0.25, 0.3) is 5.91 Å². The molecule has 0 aliphatic heterocycles. The van der Waals surface area contributed by atoms with Crippen molar-refractivity contribution < 1.29 is 14.4 Å². The Morgan fingerprint density at radius 1 is 1.00 bits per heavy atom. The van der Waals surface area contributed by atoms with E-state index in [-0.39, 0.29) is 19.0 Å². The molecule has 1 aliphatic carbocycles. The minimum absolute atomic E-state index is 0.0161. The lowest BCUT2D eigenvalue weighted by molar-refractivity contribution is -0.139. The first-order valence-corrected chi connectivity index (χ1v) is 13.8. The SMILES string of the molecule is C=C/C(=C\N)c1cc(C2(NC(=O)c3ccccc3CNC(=O)C(=O)NCC#N)CC2)c2ccccc2c1.CC.CNC. The van der Waals surface area contributed by atoms with Crippen molar-refractivity contribution in [1.29, 1.82) is 5.26 Å². The second-order valence-electron chi connectivity index (χ2n) is 9.29. The van der Waals surface area contributed by atoms with E-state index in [0.717, 1.165) is 40.3 Å². The smallest absolute Gasteiger partial charge is 0.310 e. The van der Waals surface area contributed by atoms with Crippen LogP contribution in [-0.2, 0) is 21.7 Å². The van der Waals surface area contributed by atoms with Crippen LogP contribution < -0.4 is 27.0 Å². The van der Waals surface area contributed by atoms with E-state index in [1.54, 1.807) is 36.4 Å². The van der Waals surface area contributed by atoms with Gasteiger partial charge in [-0.2, -0.15) is 5.26 Å². The van der Waals surface area contributed by atoms with Crippen molar-refractivity contribution in [3.63, 3.8) is 0 Å². The van der Waals surface area contributed by atoms with E-state index in [4.69, 9.17) is 11.0 Å². The van der Waals surface area contributed by atoms with Crippen LogP contribution in [0.15, 0.2) is 79.5 Å². The average molecular weight is 569 g/mol. The molecule has 0 saturated heterocycles. The summed E-state index contributed by atoms with van der Waals surface area (Å²) in [7, 11) is 3.75. The summed E-state index contributed by atoms with van der Waals surface area (Å²) < 4.78 is 0. The fourth-order valence-electron chi connectivity index (χ4n) is 4.38. The minimum Gasteiger partial charge on any atom is -0.404 e. The van der Waals surface area contributed by atoms with Gasteiger partial charge in [-0.1, -0.05) is 69.0 Å². The number of carbonyl (C=O) groups excluding carboxylic acids is 3. The number of carbonyl (C=O) groups is 3. The summed E-state index contributed by atoms with van der Waals surface area (Å²) in [6.07, 6.45) is 4.78. The molecule has 0 bridgehead atoms. The molecule has 0 atom stereocenters. The third kappa shape index (κ3) is 8.29. The van der Waals surface area contributed by atoms with Crippen molar-refractivity contribution in [2.45, 2.75) is 38.8 Å². The van der Waals surface area contributed by atoms with Gasteiger partial charge in [0.2, 0.25) is 0 Å². The number of rotatable bonds is 8. The van der Waals surface area contributed by atoms with Crippen molar-refractivity contribution >= 4 is 34.1 Å². The molecular formula is C33H40N6O3. The van der Waals surface area contributed by atoms with Crippen LogP contribution in [0.5, 0.6) is 0 Å². The van der Waals surface area contributed by atoms with Crippen LogP contribution in [-0.4, -0.2) is 38.4 Å². The monoisotopic (exact) mass is 568 g/mol. The molecule has 9 heteroatoms. The van der Waals surface area contributed by atoms with E-state index in [2.05, 4.69) is 40.0 Å². The van der Waals surface area contributed by atoms with Crippen LogP contribution >= 0.6 is 0 Å². The first-order chi connectivity index (χ1) is 20.3. The molecule has 3 aromatic carbocycles. The molecule has 3 aromatic rings. The molecule has 6 N–H and O–H groups in total. The Kier molecular flexibility index (Phi) is 13.0. The Balaban J connectivity index is 0.00000116. The molecular weight excluding hydrogens is 528 g/mol. The number of nitrogens with one attached hydrogen (secondary N) is 4. The molecule has 3 amide bonds. The van der Waals surface area contributed by atoms with Gasteiger partial charge in [0.05, 0.1) is 11.6 Å². The highest BCUT2D eigenvalue weighted by molar-refractivity contribution is 6.35. The fourth-order valence-corrected chi connectivity index (χ4v) is 4.38. The Hall–Kier alpha value is -4.94. The Bertz CT molecular complexity index is 1480. The summed E-state index contributed by atoms with van der Waals surface area (Å²) in [6, 6.07) is 20.8. The van der Waals surface area contributed by atoms with Crippen LogP contribution in [0.3, 0.4) is 0 Å². The highest BCUT2D eigenvalue weighted by Crippen LogP contribution is 2.49. The summed E-state index contributed by atoms with van der Waals surface area (Å²) in [6.45, 7) is 7.58. The van der Waals surface area contributed by atoms with Gasteiger partial charge in [-0.25, -0.2) is 0 Å². The zero-order valence-electron chi connectivity index (χ0n) is 24.7. The predicted molar refractivity (Wildman–Crippen MR) is 168 cm³/mol. The summed E-state index contributed by atoms with van der Waals surface area (Å²) >= 11 is 0. The summed E-state index contributed by atoms with van der Waals surface area (Å²) in [5.41, 5.74) is 8.99. The van der Waals surface area contributed by atoms with Crippen LogP contribution in [0.25, 0.3) is 16.3 Å². The maximum absolute atomic E-state index is 13.5. The number of hydrogen-bond acceptors (Lipinski definition) is 6. The van der Waals surface area contributed by atoms with Gasteiger partial charge in [0.15, 0.2) is 0 Å². The van der Waals surface area contributed by atoms with Crippen molar-refractivity contribution in [3.05, 3.63) is 102 Å². The quantitative estimate of drug-likeness (QED) is 0.158. The largest absolute Gasteiger partial charge is 0.404 e. The highest BCUT2D eigenvalue weighted by atomic mass is 16.2. The first-order valence-electron chi connectivity index (χ1n) is 13.8. The topological polar surface area (TPSA) is 149 Å². The van der Waals surface area contributed by atoms with Crippen LogP contribution in [0, 0.1) is 11.3 Å². The minimum atomic E-state index is -0.905. The Morgan fingerprint density at radius 2 is 1.62 bits per heavy atom. The average Bonchev–Trinajstić information content (AvgIpc) is 3.80. The third-order valence-electron chi connectivity index (χ3n) is 6.45. The van der Waals surface area contributed by atoms with Crippen molar-refractivity contribution in [2.24, 2.45) is 5.73 Å². The molecule has 4 rings (SSSR count). The maximum Gasteiger partial charge on any atom is 0.310 e. The molecule has 42 heavy (non-hydrogen) atoms. The van der Waals surface area contributed by atoms with Crippen LogP contribution in [0.4, 0.5) is 0 Å². The van der Waals surface area contributed by atoms with E-state index in [0.29, 0.717) is 11.1 Å². The second kappa shape index (κ2) is 16.4. The van der Waals surface area contributed by atoms with Gasteiger partial charge < -0.3 is 27.0 Å². The van der Waals surface area contributed by atoms with E-state index in [1.165, 1.54) is 6.20 Å². The van der Waals surface area contributed by atoms with E-state index < -0.39 is 17.4 Å². The first kappa shape index (κ1) is 33.3. The fraction of sp³-hybridized carbons (Fsp3) is 0.273. The lowest BCUT2D eigenvalue weighted by Gasteiger charge is -2.22. The number of nitrogens with zero attached hydrogens (tertiary/aromatic N) is 1. The number of allylic oxidation sites excluding steroid dienone is 2. The van der Waals surface area contributed by atoms with Gasteiger partial charge in [-0.05, 0) is 78.2 Å². The standard InChI is InChI=1S/C29H27N5O3.C2H7N.C2H6/c1-2-19(17-31)22-15-20-7-3-5-9-23(20)25(16-22)29(11-12-29)34-26(35)24-10-6-4-8-21(24)18-33-28(37)27(36)32-14-13-30;1-3-2;1-2/h2-10,15-17H,1,11-12,14,18,31H2,(H,32,36)(H,33,37)(H,34,35);3H,1-2H3;1-2H3/b19-17+;;. The molecule has 0 radical (unpaired) electrons. The third-order valence-corrected chi connectivity index (χ3v) is 6.45. The number of benzene rings is 3. The number of hydrogen-bond donors (Lipinski definition) is 5. The predicted octanol–water partition coefficient (Wildman–Crippen LogP) is 3.86. The summed E-state index contributed by atoms with van der Waals surface area (Å²) in [5.74, 6) is -2.06. The highest BCUT2D eigenvalue weighted by Gasteiger charge is 2.47. The van der Waals surface area contributed by atoms with Crippen LogP contribution in [0.2, 0.25) is 0 Å². The molecule has 1 aliphatic rings. The summed E-state index contributed by atoms with van der Waals surface area (Å²) in [5, 5.41) is 21.3. The van der Waals surface area contributed by atoms with Crippen LogP contribution in [0.1, 0.15) is 53.7 Å². The summed E-state index contributed by atoms with van der Waals surface area (Å²) in [4.78, 5) is 37.3. The van der Waals surface area contributed by atoms with Crippen molar-refractivity contribution in [3.8, 4) is 6.07 Å². The van der Waals surface area contributed by atoms with E-state index >= 15 is 0 Å². The van der Waals surface area contributed by atoms with Crippen molar-refractivity contribution in [1.82, 2.24) is 21.3 Å². The molecule has 1 fully saturated rings. The Morgan fingerprint density at radius 3 is 2.24 bits per heavy atom. The molecule has 0 heterocycles. The van der Waals surface area contributed by atoms with Gasteiger partial charge >= 0.3 is 11.8 Å². The van der Waals surface area contributed by atoms with Gasteiger partial charge in [-0.15, -0.1) is 0 Å². The van der Waals surface area contributed by atoms with Gasteiger partial charge in [0, 0.05) is 18.3 Å². The van der Waals surface area contributed by atoms with E-state index in [1.807, 2.05) is 52.2 Å². The molecule has 220 valence electrons. The maximum atomic E-state index is 13.5. The number of nitrogens with two attached hydrogens (primary N) is 1. The zero-order valence-corrected chi connectivity index (χ0v) is 24.7. The molecule has 1 saturated carbocycles. The number of nitriles is 1. The lowest BCUT2D eigenvalue weighted by atomic mass is 9.91. The molecule has 0 spiro atoms. The number of amides is 3. The molecule has 0 unspecified atom stereocenters. The van der Waals surface area contributed by atoms with Crippen molar-refractivity contribution in [2.75, 3.05) is 20.6 Å². The van der Waals surface area contributed by atoms with Gasteiger partial charge in [-0.3, -0.25) is 14.4 Å². The molecule has 9 nitrogen and oxygen atoms in total. The Labute approximate surface area is 247 Å². The molecule has 0 aromatic heterocycles. The van der Waals surface area contributed by atoms with Gasteiger partial charge in [0.1, 0.15) is 6.54 Å². The lowest BCUT2D eigenvalue weighted by Crippen LogP contribution is -2.40. The second-order valence-corrected chi connectivity index (χ2v) is 9.29. The normalized spacial score (nSPS) is 12.7. The zero-order chi connectivity index (χ0) is 31.1. The number of fused-ring (bicyclic) bond motifs is 1.